The van der Waals surface area contributed by atoms with Crippen molar-refractivity contribution in [2.24, 2.45) is 0 Å². The van der Waals surface area contributed by atoms with Gasteiger partial charge in [0.25, 0.3) is 0 Å². The molecule has 0 aliphatic carbocycles. The normalized spacial score (nSPS) is 15.1. The van der Waals surface area contributed by atoms with Crippen molar-refractivity contribution in [3.63, 3.8) is 0 Å². The highest BCUT2D eigenvalue weighted by Gasteiger charge is 2.17. The monoisotopic (exact) mass is 240 g/mol. The van der Waals surface area contributed by atoms with E-state index in [-0.39, 0.29) is 0 Å². The van der Waals surface area contributed by atoms with Crippen LogP contribution in [0.5, 0.6) is 0 Å². The number of rotatable bonds is 5. The van der Waals surface area contributed by atoms with Crippen molar-refractivity contribution >= 4 is 12.6 Å². The Morgan fingerprint density at radius 3 is 2.38 bits per heavy atom. The van der Waals surface area contributed by atoms with Crippen molar-refractivity contribution in [3.8, 4) is 0 Å². The van der Waals surface area contributed by atoms with Crippen molar-refractivity contribution in [2.75, 3.05) is 5.75 Å². The van der Waals surface area contributed by atoms with E-state index in [1.807, 2.05) is 24.3 Å². The summed E-state index contributed by atoms with van der Waals surface area (Å²) in [6.45, 7) is 4.21. The third-order valence-electron chi connectivity index (χ3n) is 2.71. The van der Waals surface area contributed by atoms with E-state index < -0.39 is 12.2 Å². The molecule has 0 aliphatic heterocycles. The molecule has 0 saturated carbocycles. The summed E-state index contributed by atoms with van der Waals surface area (Å²) in [6, 6.07) is 7.75. The minimum Gasteiger partial charge on any atom is -0.390 e. The minimum absolute atomic E-state index is 0.425. The molecule has 0 saturated heterocycles. The van der Waals surface area contributed by atoms with Crippen molar-refractivity contribution < 1.29 is 10.2 Å². The maximum Gasteiger partial charge on any atom is 0.105 e. The van der Waals surface area contributed by atoms with Crippen LogP contribution in [0.15, 0.2) is 24.3 Å². The van der Waals surface area contributed by atoms with Crippen LogP contribution >= 0.6 is 12.6 Å². The molecule has 0 radical (unpaired) electrons. The Kier molecular flexibility index (Phi) is 5.32. The van der Waals surface area contributed by atoms with Gasteiger partial charge in [-0.3, -0.25) is 0 Å². The molecule has 16 heavy (non-hydrogen) atoms. The molecule has 0 fully saturated rings. The third-order valence-corrected chi connectivity index (χ3v) is 2.97. The number of aliphatic hydroxyl groups excluding tert-OH is 2. The molecule has 3 heteroatoms. The highest BCUT2D eigenvalue weighted by molar-refractivity contribution is 7.80. The number of hydrogen-bond acceptors (Lipinski definition) is 3. The van der Waals surface area contributed by atoms with Crippen molar-refractivity contribution in [1.82, 2.24) is 0 Å². The number of benzene rings is 1. The lowest BCUT2D eigenvalue weighted by atomic mass is 9.96. The Balaban J connectivity index is 2.82. The zero-order valence-corrected chi connectivity index (χ0v) is 10.7. The molecular formula is C13H20O2S. The zero-order valence-electron chi connectivity index (χ0n) is 9.80. The first-order chi connectivity index (χ1) is 7.56. The van der Waals surface area contributed by atoms with Gasteiger partial charge in [0, 0.05) is 0 Å². The smallest absolute Gasteiger partial charge is 0.105 e. The van der Waals surface area contributed by atoms with Crippen LogP contribution in [-0.4, -0.2) is 22.1 Å². The van der Waals surface area contributed by atoms with Gasteiger partial charge >= 0.3 is 0 Å². The molecule has 0 bridgehead atoms. The van der Waals surface area contributed by atoms with E-state index in [1.165, 1.54) is 5.56 Å². The first kappa shape index (κ1) is 13.6. The average Bonchev–Trinajstić information content (AvgIpc) is 2.28. The van der Waals surface area contributed by atoms with E-state index >= 15 is 0 Å². The van der Waals surface area contributed by atoms with Crippen molar-refractivity contribution in [3.05, 3.63) is 35.4 Å². The lowest BCUT2D eigenvalue weighted by Gasteiger charge is -2.18. The average molecular weight is 240 g/mol. The minimum atomic E-state index is -0.814. The molecule has 2 unspecified atom stereocenters. The summed E-state index contributed by atoms with van der Waals surface area (Å²) in [5, 5.41) is 19.6. The van der Waals surface area contributed by atoms with E-state index in [2.05, 4.69) is 26.5 Å². The molecule has 0 amide bonds. The largest absolute Gasteiger partial charge is 0.390 e. The van der Waals surface area contributed by atoms with Crippen LogP contribution in [0.25, 0.3) is 0 Å². The van der Waals surface area contributed by atoms with Gasteiger partial charge in [0.05, 0.1) is 6.10 Å². The molecular weight excluding hydrogens is 220 g/mol. The van der Waals surface area contributed by atoms with Crippen LogP contribution in [0, 0.1) is 0 Å². The fourth-order valence-corrected chi connectivity index (χ4v) is 1.88. The van der Waals surface area contributed by atoms with Gasteiger partial charge < -0.3 is 10.2 Å². The highest BCUT2D eigenvalue weighted by atomic mass is 32.1. The topological polar surface area (TPSA) is 40.5 Å². The molecule has 90 valence electrons. The van der Waals surface area contributed by atoms with E-state index in [1.54, 1.807) is 0 Å². The van der Waals surface area contributed by atoms with Crippen LogP contribution in [0.2, 0.25) is 0 Å². The lowest BCUT2D eigenvalue weighted by Crippen LogP contribution is -2.18. The summed E-state index contributed by atoms with van der Waals surface area (Å²) >= 11 is 4.05. The molecule has 0 spiro atoms. The van der Waals surface area contributed by atoms with Gasteiger partial charge in [-0.2, -0.15) is 12.6 Å². The Labute approximate surface area is 103 Å². The predicted octanol–water partition coefficient (Wildman–Crippen LogP) is 2.52. The highest BCUT2D eigenvalue weighted by Crippen LogP contribution is 2.23. The van der Waals surface area contributed by atoms with Crippen LogP contribution in [0.1, 0.15) is 43.4 Å². The second-order valence-corrected chi connectivity index (χ2v) is 4.80. The molecule has 0 aliphatic rings. The summed E-state index contributed by atoms with van der Waals surface area (Å²) in [5.41, 5.74) is 1.95. The van der Waals surface area contributed by atoms with Crippen molar-refractivity contribution in [2.45, 2.75) is 38.4 Å². The fraction of sp³-hybridized carbons (Fsp3) is 0.538. The Bertz CT molecular complexity index is 325. The van der Waals surface area contributed by atoms with Gasteiger partial charge in [-0.1, -0.05) is 38.1 Å². The quantitative estimate of drug-likeness (QED) is 0.692. The number of aliphatic hydroxyl groups is 2. The second kappa shape index (κ2) is 6.28. The summed E-state index contributed by atoms with van der Waals surface area (Å²) in [6.07, 6.45) is -1.05. The molecule has 0 aromatic heterocycles. The van der Waals surface area contributed by atoms with Crippen LogP contribution in [0.3, 0.4) is 0 Å². The molecule has 2 atom stereocenters. The van der Waals surface area contributed by atoms with E-state index in [0.717, 1.165) is 5.56 Å². The van der Waals surface area contributed by atoms with E-state index in [0.29, 0.717) is 18.1 Å². The first-order valence-corrected chi connectivity index (χ1v) is 6.26. The summed E-state index contributed by atoms with van der Waals surface area (Å²) < 4.78 is 0. The molecule has 1 rings (SSSR count). The van der Waals surface area contributed by atoms with Crippen LogP contribution in [-0.2, 0) is 0 Å². The SMILES string of the molecule is CC(C)c1cccc(C(O)C(O)CCS)c1. The maximum atomic E-state index is 9.94. The molecule has 2 N–H and O–H groups in total. The predicted molar refractivity (Wildman–Crippen MR) is 70.0 cm³/mol. The van der Waals surface area contributed by atoms with Gasteiger partial charge in [0.15, 0.2) is 0 Å². The maximum absolute atomic E-state index is 9.94. The first-order valence-electron chi connectivity index (χ1n) is 5.63. The molecule has 0 heterocycles. The van der Waals surface area contributed by atoms with Gasteiger partial charge in [-0.05, 0) is 29.2 Å². The van der Waals surface area contributed by atoms with Gasteiger partial charge in [0.1, 0.15) is 6.10 Å². The standard InChI is InChI=1S/C13H20O2S/c1-9(2)10-4-3-5-11(8-10)13(15)12(14)6-7-16/h3-5,8-9,12-16H,6-7H2,1-2H3. The van der Waals surface area contributed by atoms with Gasteiger partial charge in [0.2, 0.25) is 0 Å². The van der Waals surface area contributed by atoms with Gasteiger partial charge in [-0.25, -0.2) is 0 Å². The van der Waals surface area contributed by atoms with E-state index in [9.17, 15) is 10.2 Å². The summed E-state index contributed by atoms with van der Waals surface area (Å²) in [4.78, 5) is 0. The Morgan fingerprint density at radius 1 is 1.19 bits per heavy atom. The number of hydrogen-bond donors (Lipinski definition) is 3. The fourth-order valence-electron chi connectivity index (χ4n) is 1.61. The Morgan fingerprint density at radius 2 is 1.81 bits per heavy atom. The summed E-state index contributed by atoms with van der Waals surface area (Å²) in [7, 11) is 0. The third kappa shape index (κ3) is 3.51. The van der Waals surface area contributed by atoms with Crippen molar-refractivity contribution in [1.29, 1.82) is 0 Å². The number of thiol groups is 1. The Hall–Kier alpha value is -0.510. The van der Waals surface area contributed by atoms with Crippen LogP contribution in [0.4, 0.5) is 0 Å². The molecule has 1 aromatic carbocycles. The molecule has 2 nitrogen and oxygen atoms in total. The molecule has 1 aromatic rings. The lowest BCUT2D eigenvalue weighted by molar-refractivity contribution is 0.0172. The second-order valence-electron chi connectivity index (χ2n) is 4.35. The van der Waals surface area contributed by atoms with Crippen LogP contribution < -0.4 is 0 Å². The zero-order chi connectivity index (χ0) is 12.1. The summed E-state index contributed by atoms with van der Waals surface area (Å²) in [5.74, 6) is 0.997. The van der Waals surface area contributed by atoms with Gasteiger partial charge in [-0.15, -0.1) is 0 Å². The van der Waals surface area contributed by atoms with E-state index in [4.69, 9.17) is 0 Å².